The van der Waals surface area contributed by atoms with Gasteiger partial charge in [-0.3, -0.25) is 0 Å². The second-order valence-electron chi connectivity index (χ2n) is 12.2. The molecule has 222 valence electrons. The van der Waals surface area contributed by atoms with Crippen LogP contribution in [0.2, 0.25) is 0 Å². The van der Waals surface area contributed by atoms with E-state index in [2.05, 4.69) is 105 Å². The summed E-state index contributed by atoms with van der Waals surface area (Å²) in [4.78, 5) is 19.6. The Hall–Kier alpha value is -3.59. The first-order valence-electron chi connectivity index (χ1n) is 15.6. The largest absolute Gasteiger partial charge is 0.372 e. The average molecular weight is 585 g/mol. The summed E-state index contributed by atoms with van der Waals surface area (Å²) in [6.45, 7) is 13.4. The van der Waals surface area contributed by atoms with E-state index >= 15 is 0 Å². The van der Waals surface area contributed by atoms with Gasteiger partial charge in [-0.1, -0.05) is 44.2 Å². The standard InChI is InChI=1S/C33H44N8S/c1-25-20-26(2)24-41(23-25)31-21-30(40-18-16-39(17-19-40)28-8-4-3-5-9-28)35-32(36-31)37-33(42)34-22-27-10-12-29(13-11-27)38-14-6-7-15-38/h3-5,8-13,21,25-26H,6-7,14-20,22-24H2,1-2H3,(H2,34,35,36,37,42). The molecular formula is C33H44N8S. The number of nitrogens with zero attached hydrogens (tertiary/aromatic N) is 6. The minimum absolute atomic E-state index is 0.538. The van der Waals surface area contributed by atoms with Crippen LogP contribution in [0.5, 0.6) is 0 Å². The summed E-state index contributed by atoms with van der Waals surface area (Å²) in [5.74, 6) is 3.77. The van der Waals surface area contributed by atoms with E-state index in [1.807, 2.05) is 0 Å². The zero-order valence-electron chi connectivity index (χ0n) is 25.0. The van der Waals surface area contributed by atoms with Crippen molar-refractivity contribution in [3.05, 3.63) is 66.2 Å². The Balaban J connectivity index is 1.13. The summed E-state index contributed by atoms with van der Waals surface area (Å²) >= 11 is 5.71. The molecule has 8 nitrogen and oxygen atoms in total. The van der Waals surface area contributed by atoms with Gasteiger partial charge in [-0.25, -0.2) is 0 Å². The number of thiocarbonyl (C=S) groups is 1. The lowest BCUT2D eigenvalue weighted by Gasteiger charge is -2.38. The maximum absolute atomic E-state index is 5.71. The number of para-hydroxylation sites is 1. The Labute approximate surface area is 256 Å². The van der Waals surface area contributed by atoms with Crippen molar-refractivity contribution in [2.24, 2.45) is 11.8 Å². The van der Waals surface area contributed by atoms with Gasteiger partial charge >= 0.3 is 0 Å². The van der Waals surface area contributed by atoms with Crippen molar-refractivity contribution in [1.82, 2.24) is 15.3 Å². The Morgan fingerprint density at radius 2 is 1.31 bits per heavy atom. The van der Waals surface area contributed by atoms with Gasteiger partial charge in [0.25, 0.3) is 0 Å². The zero-order valence-corrected chi connectivity index (χ0v) is 25.8. The number of nitrogens with one attached hydrogen (secondary N) is 2. The minimum Gasteiger partial charge on any atom is -0.372 e. The van der Waals surface area contributed by atoms with E-state index in [9.17, 15) is 0 Å². The SMILES string of the molecule is CC1CC(C)CN(c2cc(N3CCN(c4ccccc4)CC3)nc(NC(=S)NCc3ccc(N4CCCC4)cc3)n2)C1. The van der Waals surface area contributed by atoms with Crippen molar-refractivity contribution < 1.29 is 0 Å². The highest BCUT2D eigenvalue weighted by Gasteiger charge is 2.26. The number of piperidine rings is 1. The summed E-state index contributed by atoms with van der Waals surface area (Å²) in [6.07, 6.45) is 3.83. The molecule has 3 aliphatic rings. The smallest absolute Gasteiger partial charge is 0.232 e. The third-order valence-electron chi connectivity index (χ3n) is 8.70. The molecule has 2 atom stereocenters. The lowest BCUT2D eigenvalue weighted by Crippen LogP contribution is -2.47. The first-order chi connectivity index (χ1) is 20.5. The Morgan fingerprint density at radius 1 is 0.738 bits per heavy atom. The number of rotatable bonds is 7. The summed E-state index contributed by atoms with van der Waals surface area (Å²) < 4.78 is 0. The van der Waals surface area contributed by atoms with Gasteiger partial charge in [0.2, 0.25) is 5.95 Å². The van der Waals surface area contributed by atoms with Crippen molar-refractivity contribution in [1.29, 1.82) is 0 Å². The zero-order chi connectivity index (χ0) is 28.9. The van der Waals surface area contributed by atoms with Crippen LogP contribution in [0.3, 0.4) is 0 Å². The van der Waals surface area contributed by atoms with E-state index in [4.69, 9.17) is 22.2 Å². The predicted octanol–water partition coefficient (Wildman–Crippen LogP) is 5.37. The number of benzene rings is 2. The third-order valence-corrected chi connectivity index (χ3v) is 8.95. The fraction of sp³-hybridized carbons (Fsp3) is 0.485. The summed E-state index contributed by atoms with van der Waals surface area (Å²) in [7, 11) is 0. The second kappa shape index (κ2) is 13.2. The van der Waals surface area contributed by atoms with E-state index in [0.717, 1.165) is 64.0 Å². The van der Waals surface area contributed by atoms with Crippen LogP contribution >= 0.6 is 12.2 Å². The Kier molecular flexibility index (Phi) is 8.93. The quantitative estimate of drug-likeness (QED) is 0.357. The molecule has 1 aromatic heterocycles. The highest BCUT2D eigenvalue weighted by Crippen LogP contribution is 2.29. The van der Waals surface area contributed by atoms with Crippen molar-refractivity contribution >= 4 is 46.3 Å². The van der Waals surface area contributed by atoms with Crippen LogP contribution < -0.4 is 30.2 Å². The van der Waals surface area contributed by atoms with Gasteiger partial charge in [-0.15, -0.1) is 0 Å². The van der Waals surface area contributed by atoms with E-state index in [1.54, 1.807) is 0 Å². The van der Waals surface area contributed by atoms with Crippen LogP contribution in [0.25, 0.3) is 0 Å². The highest BCUT2D eigenvalue weighted by molar-refractivity contribution is 7.80. The average Bonchev–Trinajstić information content (AvgIpc) is 3.56. The Morgan fingerprint density at radius 3 is 1.98 bits per heavy atom. The van der Waals surface area contributed by atoms with E-state index in [1.165, 1.54) is 36.2 Å². The number of hydrogen-bond acceptors (Lipinski definition) is 7. The summed E-state index contributed by atoms with van der Waals surface area (Å²) in [6, 6.07) is 21.7. The maximum Gasteiger partial charge on any atom is 0.232 e. The first-order valence-corrected chi connectivity index (χ1v) is 16.0. The van der Waals surface area contributed by atoms with Gasteiger partial charge in [-0.05, 0) is 73.1 Å². The molecule has 42 heavy (non-hydrogen) atoms. The second-order valence-corrected chi connectivity index (χ2v) is 12.6. The number of hydrogen-bond donors (Lipinski definition) is 2. The first kappa shape index (κ1) is 28.5. The molecule has 9 heteroatoms. The fourth-order valence-electron chi connectivity index (χ4n) is 6.61. The van der Waals surface area contributed by atoms with Crippen LogP contribution in [-0.4, -0.2) is 67.4 Å². The van der Waals surface area contributed by atoms with Gasteiger partial charge in [-0.2, -0.15) is 9.97 Å². The van der Waals surface area contributed by atoms with Gasteiger partial charge in [0.05, 0.1) is 0 Å². The van der Waals surface area contributed by atoms with Crippen LogP contribution in [-0.2, 0) is 6.54 Å². The maximum atomic E-state index is 5.71. The van der Waals surface area contributed by atoms with Gasteiger partial charge in [0.1, 0.15) is 11.6 Å². The van der Waals surface area contributed by atoms with Crippen molar-refractivity contribution in [3.63, 3.8) is 0 Å². The predicted molar refractivity (Wildman–Crippen MR) is 179 cm³/mol. The van der Waals surface area contributed by atoms with Crippen LogP contribution in [0, 0.1) is 11.8 Å². The van der Waals surface area contributed by atoms with E-state index < -0.39 is 0 Å². The van der Waals surface area contributed by atoms with Gasteiger partial charge < -0.3 is 30.2 Å². The number of piperazine rings is 1. The molecule has 0 spiro atoms. The molecule has 3 aliphatic heterocycles. The van der Waals surface area contributed by atoms with Crippen LogP contribution in [0.15, 0.2) is 60.7 Å². The van der Waals surface area contributed by atoms with E-state index in [-0.39, 0.29) is 0 Å². The molecule has 4 heterocycles. The molecule has 3 saturated heterocycles. The molecule has 2 aromatic carbocycles. The van der Waals surface area contributed by atoms with Gasteiger partial charge in [0.15, 0.2) is 5.11 Å². The molecule has 3 fully saturated rings. The molecule has 0 amide bonds. The lowest BCUT2D eigenvalue weighted by atomic mass is 9.92. The molecule has 0 saturated carbocycles. The number of aromatic nitrogens is 2. The highest BCUT2D eigenvalue weighted by atomic mass is 32.1. The topological polar surface area (TPSA) is 62.8 Å². The van der Waals surface area contributed by atoms with Crippen LogP contribution in [0.1, 0.15) is 38.7 Å². The van der Waals surface area contributed by atoms with Crippen molar-refractivity contribution in [2.75, 3.05) is 77.3 Å². The molecule has 3 aromatic rings. The third kappa shape index (κ3) is 7.06. The number of anilines is 5. The summed E-state index contributed by atoms with van der Waals surface area (Å²) in [5.41, 5.74) is 3.78. The monoisotopic (exact) mass is 584 g/mol. The minimum atomic E-state index is 0.538. The van der Waals surface area contributed by atoms with E-state index in [0.29, 0.717) is 29.4 Å². The van der Waals surface area contributed by atoms with Crippen molar-refractivity contribution in [3.8, 4) is 0 Å². The molecule has 2 unspecified atom stereocenters. The molecule has 6 rings (SSSR count). The molecule has 0 aliphatic carbocycles. The lowest BCUT2D eigenvalue weighted by molar-refractivity contribution is 0.355. The Bertz CT molecular complexity index is 1310. The molecule has 0 radical (unpaired) electrons. The van der Waals surface area contributed by atoms with Crippen LogP contribution in [0.4, 0.5) is 29.0 Å². The normalized spacial score (nSPS) is 21.0. The van der Waals surface area contributed by atoms with Gasteiger partial charge in [0, 0.05) is 76.3 Å². The fourth-order valence-corrected chi connectivity index (χ4v) is 6.78. The van der Waals surface area contributed by atoms with Crippen molar-refractivity contribution in [2.45, 2.75) is 39.7 Å². The molecule has 2 N–H and O–H groups in total. The summed E-state index contributed by atoms with van der Waals surface area (Å²) in [5, 5.41) is 7.21. The molecular weight excluding hydrogens is 540 g/mol. The molecule has 0 bridgehead atoms.